The maximum atomic E-state index is 12.9. The summed E-state index contributed by atoms with van der Waals surface area (Å²) in [5, 5.41) is 9.20. The van der Waals surface area contributed by atoms with E-state index in [1.54, 1.807) is 6.07 Å². The van der Waals surface area contributed by atoms with E-state index in [-0.39, 0.29) is 11.3 Å². The molecule has 2 rings (SSSR count). The van der Waals surface area contributed by atoms with E-state index in [0.29, 0.717) is 23.1 Å². The summed E-state index contributed by atoms with van der Waals surface area (Å²) in [5.74, 6) is -1.15. The average Bonchev–Trinajstić information content (AvgIpc) is 2.52. The highest BCUT2D eigenvalue weighted by molar-refractivity contribution is 5.96. The first-order valence-electron chi connectivity index (χ1n) is 7.58. The molecule has 0 aliphatic carbocycles. The quantitative estimate of drug-likeness (QED) is 0.755. The van der Waals surface area contributed by atoms with Gasteiger partial charge in [0.05, 0.1) is 11.1 Å². The van der Waals surface area contributed by atoms with Crippen LogP contribution in [0, 0.1) is 0 Å². The lowest BCUT2D eigenvalue weighted by atomic mass is 9.91. The standard InChI is InChI=1S/C18H18F3NO2/c1-2-3-7-14-13(8-9-15(16(14)22)17(23)24)11-5-4-6-12(10-11)18(19,20)21/h4-6,8-10H,2-3,7,22H2,1H3,(H,23,24). The van der Waals surface area contributed by atoms with Gasteiger partial charge in [-0.2, -0.15) is 13.2 Å². The number of anilines is 1. The van der Waals surface area contributed by atoms with Gasteiger partial charge in [-0.15, -0.1) is 0 Å². The van der Waals surface area contributed by atoms with Crippen molar-refractivity contribution in [1.29, 1.82) is 0 Å². The Morgan fingerprint density at radius 3 is 2.50 bits per heavy atom. The molecular weight excluding hydrogens is 319 g/mol. The summed E-state index contributed by atoms with van der Waals surface area (Å²) in [6, 6.07) is 7.83. The van der Waals surface area contributed by atoms with Gasteiger partial charge in [0.2, 0.25) is 0 Å². The Balaban J connectivity index is 2.61. The van der Waals surface area contributed by atoms with Gasteiger partial charge < -0.3 is 10.8 Å². The van der Waals surface area contributed by atoms with Crippen molar-refractivity contribution in [3.05, 3.63) is 53.1 Å². The number of carboxylic acids is 1. The molecule has 0 aliphatic rings. The molecule has 0 saturated heterocycles. The van der Waals surface area contributed by atoms with E-state index < -0.39 is 17.7 Å². The summed E-state index contributed by atoms with van der Waals surface area (Å²) in [7, 11) is 0. The summed E-state index contributed by atoms with van der Waals surface area (Å²) >= 11 is 0. The van der Waals surface area contributed by atoms with Crippen molar-refractivity contribution in [2.24, 2.45) is 0 Å². The molecule has 0 atom stereocenters. The third kappa shape index (κ3) is 3.69. The lowest BCUT2D eigenvalue weighted by Gasteiger charge is -2.16. The number of halogens is 3. The van der Waals surface area contributed by atoms with Crippen molar-refractivity contribution >= 4 is 11.7 Å². The fraction of sp³-hybridized carbons (Fsp3) is 0.278. The SMILES string of the molecule is CCCCc1c(-c2cccc(C(F)(F)F)c2)ccc(C(=O)O)c1N. The van der Waals surface area contributed by atoms with Gasteiger partial charge in [-0.05, 0) is 47.7 Å². The predicted molar refractivity (Wildman–Crippen MR) is 86.9 cm³/mol. The highest BCUT2D eigenvalue weighted by Crippen LogP contribution is 2.36. The molecule has 0 spiro atoms. The lowest BCUT2D eigenvalue weighted by molar-refractivity contribution is -0.137. The molecule has 0 amide bonds. The number of hydrogen-bond donors (Lipinski definition) is 2. The van der Waals surface area contributed by atoms with Gasteiger partial charge in [0, 0.05) is 5.69 Å². The van der Waals surface area contributed by atoms with Gasteiger partial charge >= 0.3 is 12.1 Å². The van der Waals surface area contributed by atoms with Crippen LogP contribution in [0.2, 0.25) is 0 Å². The largest absolute Gasteiger partial charge is 0.478 e. The monoisotopic (exact) mass is 337 g/mol. The zero-order valence-corrected chi connectivity index (χ0v) is 13.2. The van der Waals surface area contributed by atoms with Crippen LogP contribution >= 0.6 is 0 Å². The van der Waals surface area contributed by atoms with E-state index in [1.807, 2.05) is 6.92 Å². The molecule has 0 aliphatic heterocycles. The zero-order valence-electron chi connectivity index (χ0n) is 13.2. The number of rotatable bonds is 5. The van der Waals surface area contributed by atoms with E-state index >= 15 is 0 Å². The zero-order chi connectivity index (χ0) is 17.9. The summed E-state index contributed by atoms with van der Waals surface area (Å²) in [5.41, 5.74) is 6.82. The van der Waals surface area contributed by atoms with Crippen molar-refractivity contribution < 1.29 is 23.1 Å². The van der Waals surface area contributed by atoms with Gasteiger partial charge in [-0.25, -0.2) is 4.79 Å². The van der Waals surface area contributed by atoms with E-state index in [9.17, 15) is 23.1 Å². The number of hydrogen-bond acceptors (Lipinski definition) is 2. The lowest BCUT2D eigenvalue weighted by Crippen LogP contribution is -2.08. The summed E-state index contributed by atoms with van der Waals surface area (Å²) in [4.78, 5) is 11.3. The van der Waals surface area contributed by atoms with Gasteiger partial charge in [0.1, 0.15) is 0 Å². The molecule has 2 aromatic rings. The molecule has 2 aromatic carbocycles. The molecule has 0 aromatic heterocycles. The number of benzene rings is 2. The number of nitrogen functional groups attached to an aromatic ring is 1. The number of unbranched alkanes of at least 4 members (excludes halogenated alkanes) is 1. The Labute approximate surface area is 137 Å². The van der Waals surface area contributed by atoms with Gasteiger partial charge in [0.15, 0.2) is 0 Å². The molecular formula is C18H18F3NO2. The molecule has 0 heterocycles. The summed E-state index contributed by atoms with van der Waals surface area (Å²) < 4.78 is 38.8. The molecule has 3 N–H and O–H groups in total. The van der Waals surface area contributed by atoms with Crippen LogP contribution in [0.3, 0.4) is 0 Å². The van der Waals surface area contributed by atoms with E-state index in [2.05, 4.69) is 0 Å². The van der Waals surface area contributed by atoms with Crippen molar-refractivity contribution in [3.8, 4) is 11.1 Å². The van der Waals surface area contributed by atoms with Gasteiger partial charge in [-0.3, -0.25) is 0 Å². The minimum Gasteiger partial charge on any atom is -0.478 e. The first-order chi connectivity index (χ1) is 11.3. The maximum Gasteiger partial charge on any atom is 0.416 e. The van der Waals surface area contributed by atoms with E-state index in [4.69, 9.17) is 5.73 Å². The van der Waals surface area contributed by atoms with Crippen LogP contribution in [0.25, 0.3) is 11.1 Å². The second-order valence-corrected chi connectivity index (χ2v) is 5.54. The molecule has 128 valence electrons. The highest BCUT2D eigenvalue weighted by atomic mass is 19.4. The minimum absolute atomic E-state index is 0.0307. The topological polar surface area (TPSA) is 63.3 Å². The normalized spacial score (nSPS) is 11.5. The molecule has 24 heavy (non-hydrogen) atoms. The van der Waals surface area contributed by atoms with Crippen LogP contribution in [0.4, 0.5) is 18.9 Å². The minimum atomic E-state index is -4.44. The van der Waals surface area contributed by atoms with Crippen molar-refractivity contribution in [1.82, 2.24) is 0 Å². The van der Waals surface area contributed by atoms with Crippen LogP contribution in [0.1, 0.15) is 41.3 Å². The first kappa shape index (κ1) is 17.8. The Morgan fingerprint density at radius 2 is 1.92 bits per heavy atom. The Kier molecular flexibility index (Phi) is 5.17. The molecule has 0 fully saturated rings. The van der Waals surface area contributed by atoms with Crippen molar-refractivity contribution in [3.63, 3.8) is 0 Å². The van der Waals surface area contributed by atoms with Crippen LogP contribution in [0.5, 0.6) is 0 Å². The van der Waals surface area contributed by atoms with Crippen molar-refractivity contribution in [2.45, 2.75) is 32.4 Å². The van der Waals surface area contributed by atoms with Crippen LogP contribution in [-0.4, -0.2) is 11.1 Å². The fourth-order valence-corrected chi connectivity index (χ4v) is 2.61. The summed E-state index contributed by atoms with van der Waals surface area (Å²) in [6.07, 6.45) is -2.31. The van der Waals surface area contributed by atoms with Gasteiger partial charge in [0.25, 0.3) is 0 Å². The third-order valence-corrected chi connectivity index (χ3v) is 3.87. The number of aromatic carboxylic acids is 1. The Bertz CT molecular complexity index is 754. The van der Waals surface area contributed by atoms with Crippen LogP contribution in [0.15, 0.2) is 36.4 Å². The predicted octanol–water partition coefficient (Wildman–Crippen LogP) is 5.00. The summed E-state index contributed by atoms with van der Waals surface area (Å²) in [6.45, 7) is 1.97. The molecule has 0 bridgehead atoms. The molecule has 6 heteroatoms. The molecule has 0 radical (unpaired) electrons. The second kappa shape index (κ2) is 6.95. The van der Waals surface area contributed by atoms with E-state index in [0.717, 1.165) is 25.0 Å². The number of nitrogens with two attached hydrogens (primary N) is 1. The third-order valence-electron chi connectivity index (χ3n) is 3.87. The number of alkyl halides is 3. The maximum absolute atomic E-state index is 12.9. The molecule has 3 nitrogen and oxygen atoms in total. The fourth-order valence-electron chi connectivity index (χ4n) is 2.61. The van der Waals surface area contributed by atoms with Crippen molar-refractivity contribution in [2.75, 3.05) is 5.73 Å². The average molecular weight is 337 g/mol. The van der Waals surface area contributed by atoms with Crippen LogP contribution in [-0.2, 0) is 12.6 Å². The molecule has 0 saturated carbocycles. The first-order valence-corrected chi connectivity index (χ1v) is 7.58. The highest BCUT2D eigenvalue weighted by Gasteiger charge is 2.30. The van der Waals surface area contributed by atoms with Gasteiger partial charge in [-0.1, -0.05) is 31.5 Å². The smallest absolute Gasteiger partial charge is 0.416 e. The number of carboxylic acid groups (broad SMARTS) is 1. The Morgan fingerprint density at radius 1 is 1.21 bits per heavy atom. The number of carbonyl (C=O) groups is 1. The second-order valence-electron chi connectivity index (χ2n) is 5.54. The van der Waals surface area contributed by atoms with E-state index in [1.165, 1.54) is 18.2 Å². The van der Waals surface area contributed by atoms with Crippen LogP contribution < -0.4 is 5.73 Å². The Hall–Kier alpha value is -2.50. The molecule has 0 unspecified atom stereocenters.